The minimum atomic E-state index is -0.0127. The second-order valence-corrected chi connectivity index (χ2v) is 11.5. The van der Waals surface area contributed by atoms with E-state index in [1.807, 2.05) is 0 Å². The zero-order valence-electron chi connectivity index (χ0n) is 26.0. The lowest BCUT2D eigenvalue weighted by molar-refractivity contribution is -0.277. The van der Waals surface area contributed by atoms with E-state index in [1.165, 1.54) is 96.7 Å². The largest absolute Gasteiger partial charge is 0.465 e. The molecule has 0 aromatic rings. The quantitative estimate of drug-likeness (QED) is 0.0457. The summed E-state index contributed by atoms with van der Waals surface area (Å²) in [5.41, 5.74) is 0. The molecule has 0 radical (unpaired) electrons. The van der Waals surface area contributed by atoms with Crippen molar-refractivity contribution in [1.29, 1.82) is 0 Å². The van der Waals surface area contributed by atoms with Crippen molar-refractivity contribution in [2.45, 2.75) is 135 Å². The van der Waals surface area contributed by atoms with Gasteiger partial charge in [-0.15, -0.1) is 0 Å². The Balaban J connectivity index is 2.00. The molecule has 1 fully saturated rings. The van der Waals surface area contributed by atoms with E-state index < -0.39 is 0 Å². The van der Waals surface area contributed by atoms with Gasteiger partial charge in [-0.25, -0.2) is 9.78 Å². The highest BCUT2D eigenvalue weighted by molar-refractivity contribution is 5.69. The standard InChI is InChI=1S/C32H64N2O5/c1-4-6-8-12-20-30(19-7-5-2)27-38-32(35)21-13-10-9-11-18-26-37-28-31(29-39-36-3)33-22-14-15-23-34-24-16-17-25-34/h30-31,33H,4-29H2,1-3H3. The van der Waals surface area contributed by atoms with Crippen LogP contribution in [0.5, 0.6) is 0 Å². The molecule has 1 heterocycles. The Kier molecular flexibility index (Phi) is 25.5. The number of hydrogen-bond donors (Lipinski definition) is 1. The zero-order chi connectivity index (χ0) is 28.2. The molecule has 0 spiro atoms. The highest BCUT2D eigenvalue weighted by atomic mass is 17.2. The minimum Gasteiger partial charge on any atom is -0.465 e. The van der Waals surface area contributed by atoms with Gasteiger partial charge in [0.1, 0.15) is 0 Å². The van der Waals surface area contributed by atoms with Crippen molar-refractivity contribution in [2.24, 2.45) is 5.92 Å². The van der Waals surface area contributed by atoms with Gasteiger partial charge < -0.3 is 19.7 Å². The van der Waals surface area contributed by atoms with Crippen LogP contribution in [0.1, 0.15) is 129 Å². The first-order chi connectivity index (χ1) is 19.2. The topological polar surface area (TPSA) is 69.3 Å². The fraction of sp³-hybridized carbons (Fsp3) is 0.969. The molecule has 0 bridgehead atoms. The van der Waals surface area contributed by atoms with Gasteiger partial charge in [-0.2, -0.15) is 0 Å². The van der Waals surface area contributed by atoms with Crippen LogP contribution in [-0.4, -0.2) is 76.6 Å². The van der Waals surface area contributed by atoms with Gasteiger partial charge in [0.05, 0.1) is 33.0 Å². The maximum Gasteiger partial charge on any atom is 0.305 e. The highest BCUT2D eigenvalue weighted by Gasteiger charge is 2.13. The number of esters is 1. The predicted molar refractivity (Wildman–Crippen MR) is 161 cm³/mol. The Bertz CT molecular complexity index is 531. The molecule has 1 N–H and O–H groups in total. The summed E-state index contributed by atoms with van der Waals surface area (Å²) < 4.78 is 11.6. The molecule has 1 aliphatic heterocycles. The second-order valence-electron chi connectivity index (χ2n) is 11.5. The van der Waals surface area contributed by atoms with Crippen molar-refractivity contribution in [2.75, 3.05) is 59.7 Å². The molecule has 0 aliphatic carbocycles. The Morgan fingerprint density at radius 1 is 0.795 bits per heavy atom. The third-order valence-electron chi connectivity index (χ3n) is 7.82. The maximum atomic E-state index is 12.2. The molecule has 7 nitrogen and oxygen atoms in total. The van der Waals surface area contributed by atoms with Crippen LogP contribution in [0.25, 0.3) is 0 Å². The summed E-state index contributed by atoms with van der Waals surface area (Å²) >= 11 is 0. The van der Waals surface area contributed by atoms with E-state index in [-0.39, 0.29) is 12.0 Å². The number of unbranched alkanes of at least 4 members (excludes halogenated alkanes) is 9. The molecule has 232 valence electrons. The number of rotatable bonds is 29. The lowest BCUT2D eigenvalue weighted by Gasteiger charge is -2.19. The van der Waals surface area contributed by atoms with Gasteiger partial charge in [-0.1, -0.05) is 71.6 Å². The Hall–Kier alpha value is -0.730. The van der Waals surface area contributed by atoms with Gasteiger partial charge in [0.15, 0.2) is 0 Å². The van der Waals surface area contributed by atoms with Crippen molar-refractivity contribution < 1.29 is 24.0 Å². The van der Waals surface area contributed by atoms with Crippen molar-refractivity contribution in [3.63, 3.8) is 0 Å². The summed E-state index contributed by atoms with van der Waals surface area (Å²) in [4.78, 5) is 24.7. The van der Waals surface area contributed by atoms with Gasteiger partial charge in [-0.05, 0) is 83.5 Å². The number of ether oxygens (including phenoxy) is 2. The smallest absolute Gasteiger partial charge is 0.305 e. The van der Waals surface area contributed by atoms with Crippen LogP contribution in [0.2, 0.25) is 0 Å². The molecule has 2 unspecified atom stereocenters. The van der Waals surface area contributed by atoms with Gasteiger partial charge in [0, 0.05) is 13.0 Å². The predicted octanol–water partition coefficient (Wildman–Crippen LogP) is 7.08. The highest BCUT2D eigenvalue weighted by Crippen LogP contribution is 2.18. The summed E-state index contributed by atoms with van der Waals surface area (Å²) in [7, 11) is 1.55. The molecule has 0 saturated carbocycles. The number of nitrogens with one attached hydrogen (secondary N) is 1. The van der Waals surface area contributed by atoms with Crippen molar-refractivity contribution in [1.82, 2.24) is 10.2 Å². The van der Waals surface area contributed by atoms with E-state index in [0.717, 1.165) is 45.3 Å². The van der Waals surface area contributed by atoms with E-state index in [0.29, 0.717) is 32.2 Å². The average Bonchev–Trinajstić information content (AvgIpc) is 3.47. The van der Waals surface area contributed by atoms with E-state index in [1.54, 1.807) is 7.11 Å². The van der Waals surface area contributed by atoms with Gasteiger partial charge in [-0.3, -0.25) is 4.79 Å². The number of carbonyl (C=O) groups excluding carboxylic acids is 1. The van der Waals surface area contributed by atoms with Gasteiger partial charge >= 0.3 is 5.97 Å². The molecule has 1 aliphatic rings. The second kappa shape index (κ2) is 27.4. The van der Waals surface area contributed by atoms with Crippen LogP contribution in [0.4, 0.5) is 0 Å². The van der Waals surface area contributed by atoms with Crippen LogP contribution in [0.15, 0.2) is 0 Å². The molecule has 0 aromatic heterocycles. The van der Waals surface area contributed by atoms with E-state index in [4.69, 9.17) is 19.2 Å². The molecular formula is C32H64N2O5. The van der Waals surface area contributed by atoms with Crippen LogP contribution < -0.4 is 5.32 Å². The van der Waals surface area contributed by atoms with Crippen molar-refractivity contribution in [3.8, 4) is 0 Å². The third kappa shape index (κ3) is 22.6. The van der Waals surface area contributed by atoms with Crippen LogP contribution in [0, 0.1) is 5.92 Å². The molecule has 7 heteroatoms. The molecule has 1 rings (SSSR count). The van der Waals surface area contributed by atoms with Crippen LogP contribution in [-0.2, 0) is 24.0 Å². The maximum absolute atomic E-state index is 12.2. The lowest BCUT2D eigenvalue weighted by Crippen LogP contribution is -2.38. The summed E-state index contributed by atoms with van der Waals surface area (Å²) in [6.07, 6.45) is 21.0. The van der Waals surface area contributed by atoms with Crippen LogP contribution in [0.3, 0.4) is 0 Å². The minimum absolute atomic E-state index is 0.0127. The zero-order valence-corrected chi connectivity index (χ0v) is 26.0. The van der Waals surface area contributed by atoms with E-state index in [2.05, 4.69) is 24.1 Å². The first-order valence-corrected chi connectivity index (χ1v) is 16.5. The third-order valence-corrected chi connectivity index (χ3v) is 7.82. The molecule has 0 amide bonds. The molecular weight excluding hydrogens is 492 g/mol. The van der Waals surface area contributed by atoms with Crippen LogP contribution >= 0.6 is 0 Å². The fourth-order valence-electron chi connectivity index (χ4n) is 5.26. The average molecular weight is 557 g/mol. The molecule has 2 atom stereocenters. The number of nitrogens with zero attached hydrogens (tertiary/aromatic N) is 1. The summed E-state index contributed by atoms with van der Waals surface area (Å²) in [5.74, 6) is 0.530. The Labute approximate surface area is 241 Å². The van der Waals surface area contributed by atoms with Gasteiger partial charge in [0.2, 0.25) is 0 Å². The molecule has 39 heavy (non-hydrogen) atoms. The first kappa shape index (κ1) is 36.3. The van der Waals surface area contributed by atoms with E-state index in [9.17, 15) is 4.79 Å². The summed E-state index contributed by atoms with van der Waals surface area (Å²) in [5, 5.41) is 3.56. The van der Waals surface area contributed by atoms with Crippen molar-refractivity contribution in [3.05, 3.63) is 0 Å². The Morgan fingerprint density at radius 2 is 1.51 bits per heavy atom. The number of likely N-dealkylation sites (tertiary alicyclic amines) is 1. The fourth-order valence-corrected chi connectivity index (χ4v) is 5.26. The molecule has 0 aromatic carbocycles. The Morgan fingerprint density at radius 3 is 2.28 bits per heavy atom. The van der Waals surface area contributed by atoms with Gasteiger partial charge in [0.25, 0.3) is 0 Å². The first-order valence-electron chi connectivity index (χ1n) is 16.5. The summed E-state index contributed by atoms with van der Waals surface area (Å²) in [6.45, 7) is 11.7. The molecule has 1 saturated heterocycles. The number of hydrogen-bond acceptors (Lipinski definition) is 7. The van der Waals surface area contributed by atoms with E-state index >= 15 is 0 Å². The normalized spacial score (nSPS) is 15.6. The SMILES string of the molecule is CCCCCCC(CCCC)COC(=O)CCCCCCCOCC(COOC)NCCCCN1CCCC1. The lowest BCUT2D eigenvalue weighted by atomic mass is 9.96. The summed E-state index contributed by atoms with van der Waals surface area (Å²) in [6, 6.07) is 0.153. The monoisotopic (exact) mass is 556 g/mol. The van der Waals surface area contributed by atoms with Crippen molar-refractivity contribution >= 4 is 5.97 Å². The number of carbonyl (C=O) groups is 1.